The van der Waals surface area contributed by atoms with Crippen molar-refractivity contribution < 1.29 is 8.83 Å². The Morgan fingerprint density at radius 2 is 2.00 bits per heavy atom. The van der Waals surface area contributed by atoms with E-state index in [4.69, 9.17) is 14.6 Å². The van der Waals surface area contributed by atoms with Crippen LogP contribution in [-0.2, 0) is 6.54 Å². The Bertz CT molecular complexity index is 543. The van der Waals surface area contributed by atoms with Gasteiger partial charge in [-0.3, -0.25) is 0 Å². The zero-order valence-corrected chi connectivity index (χ0v) is 7.49. The van der Waals surface area contributed by atoms with E-state index in [9.17, 15) is 0 Å². The molecule has 0 fully saturated rings. The van der Waals surface area contributed by atoms with E-state index in [1.54, 1.807) is 12.5 Å². The normalized spacial score (nSPS) is 11.5. The Hall–Kier alpha value is -1.74. The highest BCUT2D eigenvalue weighted by Gasteiger charge is 2.10. The second-order valence-electron chi connectivity index (χ2n) is 3.23. The summed E-state index contributed by atoms with van der Waals surface area (Å²) in [5.41, 5.74) is 8.43. The van der Waals surface area contributed by atoms with E-state index in [1.807, 2.05) is 18.2 Å². The molecule has 0 saturated carbocycles. The average molecular weight is 187 g/mol. The highest BCUT2D eigenvalue weighted by Crippen LogP contribution is 2.29. The Labute approximate surface area is 80.1 Å². The van der Waals surface area contributed by atoms with Crippen LogP contribution in [0.3, 0.4) is 0 Å². The summed E-state index contributed by atoms with van der Waals surface area (Å²) in [4.78, 5) is 0. The fourth-order valence-electron chi connectivity index (χ4n) is 1.83. The summed E-state index contributed by atoms with van der Waals surface area (Å²) in [6, 6.07) is 5.79. The van der Waals surface area contributed by atoms with Crippen molar-refractivity contribution in [3.05, 3.63) is 36.3 Å². The van der Waals surface area contributed by atoms with Gasteiger partial charge in [0.1, 0.15) is 11.2 Å². The van der Waals surface area contributed by atoms with Crippen LogP contribution in [0, 0.1) is 0 Å². The van der Waals surface area contributed by atoms with Gasteiger partial charge in [-0.25, -0.2) is 0 Å². The third kappa shape index (κ3) is 0.845. The Balaban J connectivity index is 2.59. The summed E-state index contributed by atoms with van der Waals surface area (Å²) in [7, 11) is 0. The molecular formula is C11H9NO2. The van der Waals surface area contributed by atoms with Crippen LogP contribution in [0.1, 0.15) is 5.56 Å². The lowest BCUT2D eigenvalue weighted by Gasteiger charge is -1.99. The van der Waals surface area contributed by atoms with Crippen molar-refractivity contribution in [3.63, 3.8) is 0 Å². The van der Waals surface area contributed by atoms with Crippen LogP contribution in [-0.4, -0.2) is 0 Å². The molecule has 3 aromatic rings. The van der Waals surface area contributed by atoms with Gasteiger partial charge in [0.15, 0.2) is 0 Å². The van der Waals surface area contributed by atoms with Crippen molar-refractivity contribution in [1.82, 2.24) is 0 Å². The second-order valence-corrected chi connectivity index (χ2v) is 3.23. The molecule has 0 aliphatic heterocycles. The molecule has 2 heterocycles. The number of hydrogen-bond acceptors (Lipinski definition) is 3. The lowest BCUT2D eigenvalue weighted by molar-refractivity contribution is 0.609. The van der Waals surface area contributed by atoms with Crippen LogP contribution in [0.5, 0.6) is 0 Å². The molecule has 2 aromatic heterocycles. The zero-order chi connectivity index (χ0) is 9.54. The average Bonchev–Trinajstić information content (AvgIpc) is 2.80. The summed E-state index contributed by atoms with van der Waals surface area (Å²) >= 11 is 0. The van der Waals surface area contributed by atoms with E-state index in [2.05, 4.69) is 0 Å². The first-order chi connectivity index (χ1) is 6.90. The minimum Gasteiger partial charge on any atom is -0.464 e. The third-order valence-corrected chi connectivity index (χ3v) is 2.48. The van der Waals surface area contributed by atoms with Gasteiger partial charge in [0, 0.05) is 22.9 Å². The van der Waals surface area contributed by atoms with Gasteiger partial charge < -0.3 is 14.6 Å². The van der Waals surface area contributed by atoms with Crippen LogP contribution < -0.4 is 5.73 Å². The number of nitrogens with two attached hydrogens (primary N) is 1. The third-order valence-electron chi connectivity index (χ3n) is 2.48. The molecule has 0 unspecified atom stereocenters. The molecular weight excluding hydrogens is 178 g/mol. The van der Waals surface area contributed by atoms with Crippen LogP contribution in [0.15, 0.2) is 39.6 Å². The largest absolute Gasteiger partial charge is 0.464 e. The quantitative estimate of drug-likeness (QED) is 0.637. The van der Waals surface area contributed by atoms with Crippen molar-refractivity contribution in [3.8, 4) is 0 Å². The van der Waals surface area contributed by atoms with Crippen LogP contribution in [0.2, 0.25) is 0 Å². The zero-order valence-electron chi connectivity index (χ0n) is 7.49. The fourth-order valence-corrected chi connectivity index (χ4v) is 1.83. The molecule has 0 aliphatic rings. The van der Waals surface area contributed by atoms with Gasteiger partial charge in [-0.05, 0) is 18.2 Å². The number of rotatable bonds is 1. The van der Waals surface area contributed by atoms with Crippen molar-refractivity contribution in [2.45, 2.75) is 6.54 Å². The lowest BCUT2D eigenvalue weighted by Crippen LogP contribution is -1.96. The molecule has 0 spiro atoms. The predicted octanol–water partition coefficient (Wildman–Crippen LogP) is 2.64. The first-order valence-corrected chi connectivity index (χ1v) is 4.46. The van der Waals surface area contributed by atoms with Crippen LogP contribution in [0.4, 0.5) is 0 Å². The summed E-state index contributed by atoms with van der Waals surface area (Å²) in [5, 5.41) is 2.07. The molecule has 1 aromatic carbocycles. The monoisotopic (exact) mass is 187 g/mol. The summed E-state index contributed by atoms with van der Waals surface area (Å²) in [6.45, 7) is 0.459. The molecule has 2 N–H and O–H groups in total. The molecule has 0 aliphatic carbocycles. The molecule has 3 heteroatoms. The smallest absolute Gasteiger partial charge is 0.139 e. The van der Waals surface area contributed by atoms with E-state index in [-0.39, 0.29) is 0 Å². The molecule has 0 bridgehead atoms. The molecule has 0 radical (unpaired) electrons. The lowest BCUT2D eigenvalue weighted by atomic mass is 10.1. The van der Waals surface area contributed by atoms with Crippen LogP contribution >= 0.6 is 0 Å². The maximum Gasteiger partial charge on any atom is 0.139 e. The standard InChI is InChI=1S/C11H9NO2/c12-6-9-8-2-4-13-10(8)5-7-1-3-14-11(7)9/h1-5H,6,12H2. The van der Waals surface area contributed by atoms with Crippen molar-refractivity contribution >= 4 is 21.9 Å². The highest BCUT2D eigenvalue weighted by atomic mass is 16.3. The summed E-state index contributed by atoms with van der Waals surface area (Å²) < 4.78 is 10.7. The van der Waals surface area contributed by atoms with Gasteiger partial charge in [-0.15, -0.1) is 0 Å². The first-order valence-electron chi connectivity index (χ1n) is 4.46. The van der Waals surface area contributed by atoms with Crippen LogP contribution in [0.25, 0.3) is 21.9 Å². The predicted molar refractivity (Wildman–Crippen MR) is 53.9 cm³/mol. The number of hydrogen-bond donors (Lipinski definition) is 1. The topological polar surface area (TPSA) is 52.3 Å². The Morgan fingerprint density at radius 1 is 1.14 bits per heavy atom. The van der Waals surface area contributed by atoms with Gasteiger partial charge in [-0.1, -0.05) is 0 Å². The van der Waals surface area contributed by atoms with E-state index >= 15 is 0 Å². The molecule has 3 rings (SSSR count). The Morgan fingerprint density at radius 3 is 2.86 bits per heavy atom. The SMILES string of the molecule is NCc1c2ccoc2cc2ccoc12. The summed E-state index contributed by atoms with van der Waals surface area (Å²) in [6.07, 6.45) is 3.34. The van der Waals surface area contributed by atoms with Gasteiger partial charge in [0.25, 0.3) is 0 Å². The molecule has 0 saturated heterocycles. The van der Waals surface area contributed by atoms with E-state index < -0.39 is 0 Å². The molecule has 3 nitrogen and oxygen atoms in total. The van der Waals surface area contributed by atoms with E-state index in [1.165, 1.54) is 0 Å². The van der Waals surface area contributed by atoms with Crippen molar-refractivity contribution in [1.29, 1.82) is 0 Å². The maximum atomic E-state index is 5.70. The molecule has 0 amide bonds. The number of furan rings is 2. The van der Waals surface area contributed by atoms with Gasteiger partial charge in [-0.2, -0.15) is 0 Å². The van der Waals surface area contributed by atoms with Gasteiger partial charge in [0.2, 0.25) is 0 Å². The first kappa shape index (κ1) is 7.64. The van der Waals surface area contributed by atoms with Crippen molar-refractivity contribution in [2.75, 3.05) is 0 Å². The fraction of sp³-hybridized carbons (Fsp3) is 0.0909. The summed E-state index contributed by atoms with van der Waals surface area (Å²) in [5.74, 6) is 0. The minimum atomic E-state index is 0.459. The maximum absolute atomic E-state index is 5.70. The second kappa shape index (κ2) is 2.62. The molecule has 14 heavy (non-hydrogen) atoms. The van der Waals surface area contributed by atoms with Crippen molar-refractivity contribution in [2.24, 2.45) is 5.73 Å². The van der Waals surface area contributed by atoms with Gasteiger partial charge >= 0.3 is 0 Å². The minimum absolute atomic E-state index is 0.459. The molecule has 0 atom stereocenters. The number of benzene rings is 1. The molecule has 70 valence electrons. The highest BCUT2D eigenvalue weighted by molar-refractivity contribution is 5.97. The van der Waals surface area contributed by atoms with Gasteiger partial charge in [0.05, 0.1) is 12.5 Å². The number of fused-ring (bicyclic) bond motifs is 2. The Kier molecular flexibility index (Phi) is 1.43. The van der Waals surface area contributed by atoms with E-state index in [0.29, 0.717) is 6.54 Å². The van der Waals surface area contributed by atoms with E-state index in [0.717, 1.165) is 27.5 Å².